The molecular formula is C17H16N6O2S. The zero-order valence-corrected chi connectivity index (χ0v) is 14.7. The van der Waals surface area contributed by atoms with Crippen LogP contribution < -0.4 is 11.1 Å². The number of nitrogens with two attached hydrogens (primary N) is 1. The third-order valence-electron chi connectivity index (χ3n) is 3.55. The summed E-state index contributed by atoms with van der Waals surface area (Å²) in [6.45, 7) is -0.0604. The lowest BCUT2D eigenvalue weighted by molar-refractivity contribution is -0.117. The quantitative estimate of drug-likeness (QED) is 0.641. The number of nitrogens with one attached hydrogen (secondary N) is 1. The van der Waals surface area contributed by atoms with Crippen molar-refractivity contribution in [3.63, 3.8) is 0 Å². The molecule has 0 aliphatic rings. The monoisotopic (exact) mass is 368 g/mol. The topological polar surface area (TPSA) is 116 Å². The van der Waals surface area contributed by atoms with E-state index in [0.717, 1.165) is 10.6 Å². The van der Waals surface area contributed by atoms with Gasteiger partial charge in [-0.15, -0.1) is 22.0 Å². The lowest BCUT2D eigenvalue weighted by atomic mass is 10.1. The van der Waals surface area contributed by atoms with Crippen LogP contribution in [0.2, 0.25) is 0 Å². The van der Waals surface area contributed by atoms with E-state index in [4.69, 9.17) is 5.73 Å². The molecule has 0 radical (unpaired) electrons. The number of aromatic nitrogens is 4. The Bertz CT molecular complexity index is 938. The highest BCUT2D eigenvalue weighted by molar-refractivity contribution is 7.98. The predicted octanol–water partition coefficient (Wildman–Crippen LogP) is 1.80. The predicted molar refractivity (Wildman–Crippen MR) is 98.6 cm³/mol. The molecule has 3 N–H and O–H groups in total. The molecule has 9 heteroatoms. The lowest BCUT2D eigenvalue weighted by Gasteiger charge is -2.08. The van der Waals surface area contributed by atoms with Crippen molar-refractivity contribution in [3.05, 3.63) is 54.1 Å². The van der Waals surface area contributed by atoms with Crippen LogP contribution in [0.1, 0.15) is 10.4 Å². The van der Waals surface area contributed by atoms with Gasteiger partial charge in [-0.1, -0.05) is 24.3 Å². The molecule has 0 saturated carbocycles. The molecule has 0 saturated heterocycles. The van der Waals surface area contributed by atoms with Gasteiger partial charge in [0.05, 0.1) is 5.69 Å². The highest BCUT2D eigenvalue weighted by Crippen LogP contribution is 2.24. The number of rotatable bonds is 6. The van der Waals surface area contributed by atoms with Crippen LogP contribution >= 0.6 is 11.8 Å². The Hall–Kier alpha value is -3.20. The van der Waals surface area contributed by atoms with Crippen molar-refractivity contribution in [2.24, 2.45) is 5.73 Å². The number of anilines is 1. The number of amides is 2. The summed E-state index contributed by atoms with van der Waals surface area (Å²) in [5, 5.41) is 14.9. The number of benzene rings is 2. The number of tetrazole rings is 1. The van der Waals surface area contributed by atoms with Crippen LogP contribution in [0.5, 0.6) is 0 Å². The molecule has 26 heavy (non-hydrogen) atoms. The van der Waals surface area contributed by atoms with Crippen LogP contribution in [0, 0.1) is 0 Å². The second kappa shape index (κ2) is 7.79. The van der Waals surface area contributed by atoms with Crippen molar-refractivity contribution in [1.29, 1.82) is 0 Å². The molecule has 3 rings (SSSR count). The number of hydrogen-bond acceptors (Lipinski definition) is 6. The number of para-hydroxylation sites is 1. The summed E-state index contributed by atoms with van der Waals surface area (Å²) in [6.07, 6.45) is 1.94. The van der Waals surface area contributed by atoms with E-state index in [1.807, 2.05) is 30.5 Å². The van der Waals surface area contributed by atoms with Gasteiger partial charge >= 0.3 is 0 Å². The fourth-order valence-corrected chi connectivity index (χ4v) is 2.83. The van der Waals surface area contributed by atoms with Crippen LogP contribution in [0.25, 0.3) is 11.4 Å². The number of thioether (sulfide) groups is 1. The van der Waals surface area contributed by atoms with E-state index in [1.165, 1.54) is 4.80 Å². The van der Waals surface area contributed by atoms with Gasteiger partial charge in [0.1, 0.15) is 6.54 Å². The lowest BCUT2D eigenvalue weighted by Crippen LogP contribution is -2.20. The Kier molecular flexibility index (Phi) is 5.28. The molecule has 0 spiro atoms. The number of carbonyl (C=O) groups excluding carboxylic acids is 2. The maximum absolute atomic E-state index is 12.2. The average molecular weight is 368 g/mol. The summed E-state index contributed by atoms with van der Waals surface area (Å²) >= 11 is 1.55. The summed E-state index contributed by atoms with van der Waals surface area (Å²) in [6, 6.07) is 14.1. The Morgan fingerprint density at radius 2 is 1.88 bits per heavy atom. The maximum atomic E-state index is 12.2. The van der Waals surface area contributed by atoms with E-state index < -0.39 is 5.91 Å². The van der Waals surface area contributed by atoms with E-state index >= 15 is 0 Å². The van der Waals surface area contributed by atoms with Gasteiger partial charge in [0, 0.05) is 16.0 Å². The van der Waals surface area contributed by atoms with Gasteiger partial charge in [-0.05, 0) is 35.7 Å². The Morgan fingerprint density at radius 3 is 2.58 bits per heavy atom. The standard InChI is InChI=1S/C17H16N6O2S/c1-26-14-5-3-2-4-13(14)19-15(24)10-23-21-17(20-22-23)12-8-6-11(7-9-12)16(18)25/h2-9H,10H2,1H3,(H2,18,25)(H,19,24). The smallest absolute Gasteiger partial charge is 0.248 e. The Balaban J connectivity index is 1.68. The fraction of sp³-hybridized carbons (Fsp3) is 0.118. The van der Waals surface area contributed by atoms with Crippen LogP contribution in [0.3, 0.4) is 0 Å². The molecule has 3 aromatic rings. The minimum absolute atomic E-state index is 0.0604. The van der Waals surface area contributed by atoms with Gasteiger partial charge in [0.15, 0.2) is 0 Å². The zero-order valence-electron chi connectivity index (χ0n) is 13.9. The maximum Gasteiger partial charge on any atom is 0.248 e. The van der Waals surface area contributed by atoms with Crippen molar-refractivity contribution < 1.29 is 9.59 Å². The van der Waals surface area contributed by atoms with Gasteiger partial charge in [-0.2, -0.15) is 4.80 Å². The minimum Gasteiger partial charge on any atom is -0.366 e. The molecule has 1 aromatic heterocycles. The third kappa shape index (κ3) is 4.06. The van der Waals surface area contributed by atoms with Gasteiger partial charge in [0.25, 0.3) is 0 Å². The van der Waals surface area contributed by atoms with E-state index in [-0.39, 0.29) is 12.5 Å². The molecular weight excluding hydrogens is 352 g/mol. The van der Waals surface area contributed by atoms with Crippen molar-refractivity contribution in [2.75, 3.05) is 11.6 Å². The summed E-state index contributed by atoms with van der Waals surface area (Å²) in [7, 11) is 0. The van der Waals surface area contributed by atoms with Crippen molar-refractivity contribution >= 4 is 29.3 Å². The number of carbonyl (C=O) groups is 2. The average Bonchev–Trinajstić information content (AvgIpc) is 3.10. The van der Waals surface area contributed by atoms with E-state index in [0.29, 0.717) is 17.0 Å². The van der Waals surface area contributed by atoms with Crippen molar-refractivity contribution in [2.45, 2.75) is 11.4 Å². The normalized spacial score (nSPS) is 10.5. The molecule has 8 nitrogen and oxygen atoms in total. The summed E-state index contributed by atoms with van der Waals surface area (Å²) < 4.78 is 0. The molecule has 0 atom stereocenters. The summed E-state index contributed by atoms with van der Waals surface area (Å²) in [5.41, 5.74) is 7.03. The second-order valence-electron chi connectivity index (χ2n) is 5.33. The van der Waals surface area contributed by atoms with Gasteiger partial charge in [-0.3, -0.25) is 9.59 Å². The molecule has 0 aliphatic carbocycles. The molecule has 0 aliphatic heterocycles. The first kappa shape index (κ1) is 17.6. The van der Waals surface area contributed by atoms with Crippen LogP contribution in [-0.2, 0) is 11.3 Å². The summed E-state index contributed by atoms with van der Waals surface area (Å²) in [5.74, 6) is -0.395. The number of nitrogens with zero attached hydrogens (tertiary/aromatic N) is 4. The molecule has 1 heterocycles. The fourth-order valence-electron chi connectivity index (χ4n) is 2.28. The summed E-state index contributed by atoms with van der Waals surface area (Å²) in [4.78, 5) is 25.5. The molecule has 0 bridgehead atoms. The van der Waals surface area contributed by atoms with Crippen LogP contribution in [0.15, 0.2) is 53.4 Å². The SMILES string of the molecule is CSc1ccccc1NC(=O)Cn1nnc(-c2ccc(C(N)=O)cc2)n1. The van der Waals surface area contributed by atoms with E-state index in [2.05, 4.69) is 20.7 Å². The van der Waals surface area contributed by atoms with E-state index in [1.54, 1.807) is 36.0 Å². The second-order valence-corrected chi connectivity index (χ2v) is 6.18. The van der Waals surface area contributed by atoms with Gasteiger partial charge in [0.2, 0.25) is 17.6 Å². The molecule has 0 unspecified atom stereocenters. The van der Waals surface area contributed by atoms with E-state index in [9.17, 15) is 9.59 Å². The van der Waals surface area contributed by atoms with Crippen LogP contribution in [0.4, 0.5) is 5.69 Å². The van der Waals surface area contributed by atoms with Crippen molar-refractivity contribution in [3.8, 4) is 11.4 Å². The highest BCUT2D eigenvalue weighted by Gasteiger charge is 2.11. The zero-order chi connectivity index (χ0) is 18.5. The minimum atomic E-state index is -0.504. The molecule has 0 fully saturated rings. The van der Waals surface area contributed by atoms with Gasteiger partial charge < -0.3 is 11.1 Å². The van der Waals surface area contributed by atoms with Crippen molar-refractivity contribution in [1.82, 2.24) is 20.2 Å². The number of primary amides is 1. The highest BCUT2D eigenvalue weighted by atomic mass is 32.2. The number of hydrogen-bond donors (Lipinski definition) is 2. The molecule has 132 valence electrons. The molecule has 2 aromatic carbocycles. The van der Waals surface area contributed by atoms with Crippen LogP contribution in [-0.4, -0.2) is 38.3 Å². The van der Waals surface area contributed by atoms with Gasteiger partial charge in [-0.25, -0.2) is 0 Å². The third-order valence-corrected chi connectivity index (χ3v) is 4.34. The first-order valence-electron chi connectivity index (χ1n) is 7.68. The molecule has 2 amide bonds. The Labute approximate surface area is 153 Å². The first-order chi connectivity index (χ1) is 12.6. The first-order valence-corrected chi connectivity index (χ1v) is 8.90. The Morgan fingerprint density at radius 1 is 1.15 bits per heavy atom. The largest absolute Gasteiger partial charge is 0.366 e.